The van der Waals surface area contributed by atoms with E-state index in [0.717, 1.165) is 13.0 Å². The van der Waals surface area contributed by atoms with Crippen molar-refractivity contribution in [2.24, 2.45) is 5.73 Å². The van der Waals surface area contributed by atoms with Crippen LogP contribution in [0.25, 0.3) is 0 Å². The standard InChI is InChI=1S/C8H18N2S/c1-2-8(9)7-10-3-5-11-6-4-10/h8H,2-7,9H2,1H3. The lowest BCUT2D eigenvalue weighted by atomic mass is 10.2. The Balaban J connectivity index is 2.13. The Hall–Kier alpha value is 0.270. The third-order valence-electron chi connectivity index (χ3n) is 2.12. The molecule has 3 heteroatoms. The maximum absolute atomic E-state index is 5.86. The number of thioether (sulfide) groups is 1. The lowest BCUT2D eigenvalue weighted by molar-refractivity contribution is 0.279. The van der Waals surface area contributed by atoms with Crippen LogP contribution in [0.4, 0.5) is 0 Å². The number of hydrogen-bond donors (Lipinski definition) is 1. The topological polar surface area (TPSA) is 29.3 Å². The molecule has 0 aromatic heterocycles. The summed E-state index contributed by atoms with van der Waals surface area (Å²) in [5.74, 6) is 2.58. The van der Waals surface area contributed by atoms with Crippen molar-refractivity contribution in [2.75, 3.05) is 31.1 Å². The molecule has 0 bridgehead atoms. The average molecular weight is 174 g/mol. The second-order valence-corrected chi connectivity index (χ2v) is 4.31. The summed E-state index contributed by atoms with van der Waals surface area (Å²) in [5.41, 5.74) is 5.86. The fraction of sp³-hybridized carbons (Fsp3) is 1.00. The number of rotatable bonds is 3. The molecule has 0 aromatic carbocycles. The van der Waals surface area contributed by atoms with E-state index >= 15 is 0 Å². The van der Waals surface area contributed by atoms with Crippen molar-refractivity contribution in [3.8, 4) is 0 Å². The van der Waals surface area contributed by atoms with Gasteiger partial charge in [0.15, 0.2) is 0 Å². The largest absolute Gasteiger partial charge is 0.327 e. The van der Waals surface area contributed by atoms with Gasteiger partial charge in [0.05, 0.1) is 0 Å². The zero-order valence-corrected chi connectivity index (χ0v) is 8.07. The number of hydrogen-bond acceptors (Lipinski definition) is 3. The van der Waals surface area contributed by atoms with E-state index in [2.05, 4.69) is 23.6 Å². The van der Waals surface area contributed by atoms with Crippen LogP contribution in [0.2, 0.25) is 0 Å². The molecule has 1 saturated heterocycles. The van der Waals surface area contributed by atoms with E-state index in [1.807, 2.05) is 0 Å². The van der Waals surface area contributed by atoms with Crippen LogP contribution in [-0.4, -0.2) is 42.1 Å². The first-order chi connectivity index (χ1) is 5.33. The van der Waals surface area contributed by atoms with E-state index in [4.69, 9.17) is 5.73 Å². The highest BCUT2D eigenvalue weighted by atomic mass is 32.2. The maximum Gasteiger partial charge on any atom is 0.0165 e. The molecule has 2 N–H and O–H groups in total. The molecule has 1 unspecified atom stereocenters. The van der Waals surface area contributed by atoms with Crippen LogP contribution >= 0.6 is 11.8 Å². The zero-order chi connectivity index (χ0) is 8.10. The van der Waals surface area contributed by atoms with Gasteiger partial charge < -0.3 is 10.6 Å². The summed E-state index contributed by atoms with van der Waals surface area (Å²) < 4.78 is 0. The molecule has 1 rings (SSSR count). The molecule has 1 fully saturated rings. The van der Waals surface area contributed by atoms with Crippen LogP contribution in [0.5, 0.6) is 0 Å². The molecule has 0 amide bonds. The lowest BCUT2D eigenvalue weighted by Crippen LogP contribution is -2.41. The summed E-state index contributed by atoms with van der Waals surface area (Å²) in [6, 6.07) is 0.387. The predicted octanol–water partition coefficient (Wildman–Crippen LogP) is 0.772. The van der Waals surface area contributed by atoms with Crippen LogP contribution in [-0.2, 0) is 0 Å². The Kier molecular flexibility index (Phi) is 4.26. The first kappa shape index (κ1) is 9.36. The van der Waals surface area contributed by atoms with Crippen LogP contribution in [0.3, 0.4) is 0 Å². The van der Waals surface area contributed by atoms with Gasteiger partial charge in [-0.2, -0.15) is 11.8 Å². The van der Waals surface area contributed by atoms with Crippen molar-refractivity contribution in [3.63, 3.8) is 0 Å². The van der Waals surface area contributed by atoms with E-state index in [1.54, 1.807) is 0 Å². The van der Waals surface area contributed by atoms with Crippen molar-refractivity contribution in [2.45, 2.75) is 19.4 Å². The van der Waals surface area contributed by atoms with Gasteiger partial charge in [0, 0.05) is 37.2 Å². The lowest BCUT2D eigenvalue weighted by Gasteiger charge is -2.28. The summed E-state index contributed by atoms with van der Waals surface area (Å²) in [6.45, 7) is 5.72. The van der Waals surface area contributed by atoms with Gasteiger partial charge in [0.25, 0.3) is 0 Å². The fourth-order valence-electron chi connectivity index (χ4n) is 1.24. The summed E-state index contributed by atoms with van der Waals surface area (Å²) >= 11 is 2.05. The second kappa shape index (κ2) is 5.01. The quantitative estimate of drug-likeness (QED) is 0.685. The van der Waals surface area contributed by atoms with E-state index in [-0.39, 0.29) is 0 Å². The summed E-state index contributed by atoms with van der Waals surface area (Å²) in [6.07, 6.45) is 1.10. The Bertz CT molecular complexity index is 102. The van der Waals surface area contributed by atoms with E-state index < -0.39 is 0 Å². The first-order valence-corrected chi connectivity index (χ1v) is 5.54. The second-order valence-electron chi connectivity index (χ2n) is 3.08. The van der Waals surface area contributed by atoms with Gasteiger partial charge in [-0.15, -0.1) is 0 Å². The highest BCUT2D eigenvalue weighted by molar-refractivity contribution is 7.99. The molecule has 0 spiro atoms. The molecule has 0 saturated carbocycles. The molecular weight excluding hydrogens is 156 g/mol. The normalized spacial score (nSPS) is 23.5. The number of nitrogens with two attached hydrogens (primary N) is 1. The molecule has 0 aromatic rings. The van der Waals surface area contributed by atoms with Crippen LogP contribution in [0.15, 0.2) is 0 Å². The highest BCUT2D eigenvalue weighted by Crippen LogP contribution is 2.09. The Labute approximate surface area is 73.5 Å². The molecule has 11 heavy (non-hydrogen) atoms. The molecular formula is C8H18N2S. The molecule has 1 heterocycles. The van der Waals surface area contributed by atoms with Crippen molar-refractivity contribution >= 4 is 11.8 Å². The summed E-state index contributed by atoms with van der Waals surface area (Å²) in [4.78, 5) is 2.48. The molecule has 1 aliphatic heterocycles. The van der Waals surface area contributed by atoms with Crippen LogP contribution < -0.4 is 5.73 Å². The summed E-state index contributed by atoms with van der Waals surface area (Å²) in [5, 5.41) is 0. The predicted molar refractivity (Wildman–Crippen MR) is 52.0 cm³/mol. The maximum atomic E-state index is 5.86. The van der Waals surface area contributed by atoms with Gasteiger partial charge in [-0.25, -0.2) is 0 Å². The highest BCUT2D eigenvalue weighted by Gasteiger charge is 2.12. The SMILES string of the molecule is CCC(N)CN1CCSCC1. The minimum absolute atomic E-state index is 0.387. The van der Waals surface area contributed by atoms with Crippen molar-refractivity contribution < 1.29 is 0 Å². The minimum Gasteiger partial charge on any atom is -0.327 e. The van der Waals surface area contributed by atoms with Crippen LogP contribution in [0.1, 0.15) is 13.3 Å². The Morgan fingerprint density at radius 1 is 1.45 bits per heavy atom. The van der Waals surface area contributed by atoms with Gasteiger partial charge in [-0.1, -0.05) is 6.92 Å². The molecule has 1 atom stereocenters. The molecule has 0 aliphatic carbocycles. The Morgan fingerprint density at radius 2 is 2.09 bits per heavy atom. The third-order valence-corrected chi connectivity index (χ3v) is 3.06. The fourth-order valence-corrected chi connectivity index (χ4v) is 2.22. The van der Waals surface area contributed by atoms with Crippen molar-refractivity contribution in [1.82, 2.24) is 4.90 Å². The van der Waals surface area contributed by atoms with E-state index in [0.29, 0.717) is 6.04 Å². The molecule has 2 nitrogen and oxygen atoms in total. The van der Waals surface area contributed by atoms with Crippen molar-refractivity contribution in [1.29, 1.82) is 0 Å². The Morgan fingerprint density at radius 3 is 2.64 bits per heavy atom. The van der Waals surface area contributed by atoms with E-state index in [9.17, 15) is 0 Å². The first-order valence-electron chi connectivity index (χ1n) is 4.38. The molecule has 66 valence electrons. The average Bonchev–Trinajstić information content (AvgIpc) is 2.06. The molecule has 1 aliphatic rings. The van der Waals surface area contributed by atoms with Gasteiger partial charge >= 0.3 is 0 Å². The van der Waals surface area contributed by atoms with Gasteiger partial charge in [-0.3, -0.25) is 0 Å². The number of nitrogens with zero attached hydrogens (tertiary/aromatic N) is 1. The minimum atomic E-state index is 0.387. The van der Waals surface area contributed by atoms with Gasteiger partial charge in [-0.05, 0) is 6.42 Å². The van der Waals surface area contributed by atoms with Crippen LogP contribution in [0, 0.1) is 0 Å². The molecule has 0 radical (unpaired) electrons. The smallest absolute Gasteiger partial charge is 0.0165 e. The monoisotopic (exact) mass is 174 g/mol. The van der Waals surface area contributed by atoms with Gasteiger partial charge in [0.1, 0.15) is 0 Å². The third kappa shape index (κ3) is 3.45. The van der Waals surface area contributed by atoms with E-state index in [1.165, 1.54) is 24.6 Å². The summed E-state index contributed by atoms with van der Waals surface area (Å²) in [7, 11) is 0. The zero-order valence-electron chi connectivity index (χ0n) is 7.25. The van der Waals surface area contributed by atoms with Crippen molar-refractivity contribution in [3.05, 3.63) is 0 Å². The van der Waals surface area contributed by atoms with Gasteiger partial charge in [0.2, 0.25) is 0 Å².